The van der Waals surface area contributed by atoms with E-state index in [0.717, 1.165) is 28.8 Å². The second-order valence-corrected chi connectivity index (χ2v) is 7.91. The van der Waals surface area contributed by atoms with Crippen molar-refractivity contribution < 1.29 is 0 Å². The summed E-state index contributed by atoms with van der Waals surface area (Å²) in [7, 11) is 0. The standard InChI is InChI=1S/C7H16S5/c1-7(10,3-2-4-8)12-6-11-5-9/h8-10H,2-6H2,1H3. The monoisotopic (exact) mass is 260 g/mol. The van der Waals surface area contributed by atoms with Crippen LogP contribution in [0.2, 0.25) is 0 Å². The van der Waals surface area contributed by atoms with E-state index in [1.807, 2.05) is 23.5 Å². The fourth-order valence-corrected chi connectivity index (χ4v) is 4.08. The molecule has 74 valence electrons. The lowest BCUT2D eigenvalue weighted by atomic mass is 10.3. The smallest absolute Gasteiger partial charge is 0.0562 e. The fourth-order valence-electron chi connectivity index (χ4n) is 0.685. The van der Waals surface area contributed by atoms with Crippen LogP contribution >= 0.6 is 61.4 Å². The zero-order chi connectivity index (χ0) is 9.45. The third-order valence-electron chi connectivity index (χ3n) is 1.34. The minimum absolute atomic E-state index is 0.110. The fraction of sp³-hybridized carbons (Fsp3) is 1.00. The molecule has 0 heterocycles. The Labute approximate surface area is 101 Å². The molecule has 0 amide bonds. The second-order valence-electron chi connectivity index (χ2n) is 2.60. The van der Waals surface area contributed by atoms with Gasteiger partial charge in [-0.05, 0) is 25.5 Å². The zero-order valence-electron chi connectivity index (χ0n) is 7.19. The first-order chi connectivity index (χ1) is 5.62. The Morgan fingerprint density at radius 2 is 2.00 bits per heavy atom. The van der Waals surface area contributed by atoms with Crippen LogP contribution in [-0.2, 0) is 0 Å². The molecule has 0 spiro atoms. The first kappa shape index (κ1) is 13.8. The molecule has 1 unspecified atom stereocenters. The molecule has 0 bridgehead atoms. The molecule has 0 rings (SSSR count). The summed E-state index contributed by atoms with van der Waals surface area (Å²) in [6, 6.07) is 0. The van der Waals surface area contributed by atoms with Gasteiger partial charge >= 0.3 is 0 Å². The lowest BCUT2D eigenvalue weighted by Crippen LogP contribution is -2.11. The van der Waals surface area contributed by atoms with Crippen LogP contribution in [-0.4, -0.2) is 20.0 Å². The molecule has 0 saturated carbocycles. The van der Waals surface area contributed by atoms with E-state index < -0.39 is 0 Å². The first-order valence-corrected chi connectivity index (χ1v) is 7.63. The van der Waals surface area contributed by atoms with Crippen molar-refractivity contribution in [2.75, 3.05) is 15.9 Å². The first-order valence-electron chi connectivity index (χ1n) is 3.78. The van der Waals surface area contributed by atoms with Crippen LogP contribution < -0.4 is 0 Å². The van der Waals surface area contributed by atoms with Crippen LogP contribution in [0.3, 0.4) is 0 Å². The third kappa shape index (κ3) is 8.35. The van der Waals surface area contributed by atoms with Crippen LogP contribution in [0.5, 0.6) is 0 Å². The summed E-state index contributed by atoms with van der Waals surface area (Å²) < 4.78 is 0.110. The number of hydrogen-bond acceptors (Lipinski definition) is 5. The Kier molecular flexibility index (Phi) is 9.27. The van der Waals surface area contributed by atoms with Crippen molar-refractivity contribution in [1.29, 1.82) is 0 Å². The van der Waals surface area contributed by atoms with Crippen LogP contribution in [0, 0.1) is 0 Å². The van der Waals surface area contributed by atoms with Crippen molar-refractivity contribution in [2.45, 2.75) is 23.8 Å². The van der Waals surface area contributed by atoms with Gasteiger partial charge in [0.15, 0.2) is 0 Å². The zero-order valence-corrected chi connectivity index (χ0v) is 11.5. The topological polar surface area (TPSA) is 0 Å². The van der Waals surface area contributed by atoms with Gasteiger partial charge in [-0.2, -0.15) is 37.9 Å². The molecule has 0 fully saturated rings. The summed E-state index contributed by atoms with van der Waals surface area (Å²) >= 11 is 16.6. The Balaban J connectivity index is 3.42. The average molecular weight is 261 g/mol. The van der Waals surface area contributed by atoms with Gasteiger partial charge < -0.3 is 0 Å². The molecule has 0 saturated heterocycles. The van der Waals surface area contributed by atoms with E-state index in [-0.39, 0.29) is 4.08 Å². The molecule has 0 N–H and O–H groups in total. The molecule has 1 atom stereocenters. The number of thioether (sulfide) groups is 2. The maximum absolute atomic E-state index is 4.58. The third-order valence-corrected chi connectivity index (χ3v) is 4.96. The molecular formula is C7H16S5. The predicted octanol–water partition coefficient (Wildman–Crippen LogP) is 3.65. The van der Waals surface area contributed by atoms with Crippen LogP contribution in [0.4, 0.5) is 0 Å². The maximum Gasteiger partial charge on any atom is 0.0562 e. The van der Waals surface area contributed by atoms with Crippen molar-refractivity contribution in [2.24, 2.45) is 0 Å². The minimum Gasteiger partial charge on any atom is -0.179 e. The SMILES string of the molecule is CC(S)(CCCS)SCSCS. The van der Waals surface area contributed by atoms with Gasteiger partial charge in [0.05, 0.1) is 4.08 Å². The van der Waals surface area contributed by atoms with Crippen LogP contribution in [0.15, 0.2) is 0 Å². The summed E-state index contributed by atoms with van der Waals surface area (Å²) in [5.41, 5.74) is 0. The highest BCUT2D eigenvalue weighted by Gasteiger charge is 2.17. The van der Waals surface area contributed by atoms with E-state index in [1.54, 1.807) is 0 Å². The van der Waals surface area contributed by atoms with Gasteiger partial charge in [-0.1, -0.05) is 0 Å². The molecule has 5 heteroatoms. The summed E-state index contributed by atoms with van der Waals surface area (Å²) in [6.45, 7) is 2.17. The normalized spacial score (nSPS) is 16.0. The summed E-state index contributed by atoms with van der Waals surface area (Å²) in [5, 5.41) is 1.97. The highest BCUT2D eigenvalue weighted by molar-refractivity contribution is 8.23. The van der Waals surface area contributed by atoms with E-state index in [2.05, 4.69) is 44.8 Å². The molecule has 0 nitrogen and oxygen atoms in total. The van der Waals surface area contributed by atoms with Gasteiger partial charge in [0.2, 0.25) is 0 Å². The Morgan fingerprint density at radius 1 is 1.33 bits per heavy atom. The van der Waals surface area contributed by atoms with E-state index in [9.17, 15) is 0 Å². The van der Waals surface area contributed by atoms with E-state index in [1.165, 1.54) is 0 Å². The summed E-state index contributed by atoms with van der Waals surface area (Å²) in [5.74, 6) is 0.955. The predicted molar refractivity (Wildman–Crippen MR) is 74.4 cm³/mol. The van der Waals surface area contributed by atoms with Crippen molar-refractivity contribution >= 4 is 61.4 Å². The Morgan fingerprint density at radius 3 is 2.50 bits per heavy atom. The summed E-state index contributed by atoms with van der Waals surface area (Å²) in [4.78, 5) is 0. The molecule has 0 radical (unpaired) electrons. The molecule has 0 aromatic heterocycles. The van der Waals surface area contributed by atoms with Crippen molar-refractivity contribution in [1.82, 2.24) is 0 Å². The molecule has 12 heavy (non-hydrogen) atoms. The minimum atomic E-state index is 0.110. The largest absolute Gasteiger partial charge is 0.179 e. The van der Waals surface area contributed by atoms with Crippen LogP contribution in [0.25, 0.3) is 0 Å². The highest BCUT2D eigenvalue weighted by atomic mass is 32.2. The molecule has 0 aliphatic heterocycles. The van der Waals surface area contributed by atoms with Crippen molar-refractivity contribution in [3.8, 4) is 0 Å². The maximum atomic E-state index is 4.58. The highest BCUT2D eigenvalue weighted by Crippen LogP contribution is 2.36. The number of rotatable bonds is 7. The van der Waals surface area contributed by atoms with Gasteiger partial charge in [0.25, 0.3) is 0 Å². The van der Waals surface area contributed by atoms with E-state index in [0.29, 0.717) is 0 Å². The van der Waals surface area contributed by atoms with Gasteiger partial charge in [0, 0.05) is 10.2 Å². The summed E-state index contributed by atoms with van der Waals surface area (Å²) in [6.07, 6.45) is 2.26. The van der Waals surface area contributed by atoms with E-state index in [4.69, 9.17) is 0 Å². The van der Waals surface area contributed by atoms with Crippen molar-refractivity contribution in [3.63, 3.8) is 0 Å². The quantitative estimate of drug-likeness (QED) is 0.363. The van der Waals surface area contributed by atoms with Gasteiger partial charge in [0.1, 0.15) is 0 Å². The van der Waals surface area contributed by atoms with Gasteiger partial charge in [-0.15, -0.1) is 23.5 Å². The molecule has 0 aromatic carbocycles. The van der Waals surface area contributed by atoms with Gasteiger partial charge in [-0.25, -0.2) is 0 Å². The van der Waals surface area contributed by atoms with Gasteiger partial charge in [-0.3, -0.25) is 0 Å². The van der Waals surface area contributed by atoms with Crippen molar-refractivity contribution in [3.05, 3.63) is 0 Å². The lowest BCUT2D eigenvalue weighted by Gasteiger charge is -2.22. The Bertz CT molecular complexity index is 104. The lowest BCUT2D eigenvalue weighted by molar-refractivity contribution is 0.759. The van der Waals surface area contributed by atoms with Crippen LogP contribution in [0.1, 0.15) is 19.8 Å². The van der Waals surface area contributed by atoms with E-state index >= 15 is 0 Å². The second kappa shape index (κ2) is 8.09. The molecular weight excluding hydrogens is 244 g/mol. The number of thiol groups is 3. The number of hydrogen-bond donors (Lipinski definition) is 3. The Hall–Kier alpha value is 1.75. The molecule has 0 aliphatic rings. The molecule has 0 aromatic rings. The molecule has 0 aliphatic carbocycles. The average Bonchev–Trinajstić information content (AvgIpc) is 2.01.